The second kappa shape index (κ2) is 4.92. The maximum Gasteiger partial charge on any atom is 0.283 e. The summed E-state index contributed by atoms with van der Waals surface area (Å²) in [6.45, 7) is 0. The summed E-state index contributed by atoms with van der Waals surface area (Å²) >= 11 is 2.94. The molecule has 0 unspecified atom stereocenters. The van der Waals surface area contributed by atoms with E-state index in [2.05, 4.69) is 20.3 Å². The lowest BCUT2D eigenvalue weighted by molar-refractivity contribution is 0.588. The molecule has 88 valence electrons. The molecule has 7 heteroatoms. The summed E-state index contributed by atoms with van der Waals surface area (Å²) in [5, 5.41) is 0. The molecule has 16 heavy (non-hydrogen) atoms. The van der Waals surface area contributed by atoms with Crippen LogP contribution in [0, 0.1) is 5.82 Å². The number of benzene rings is 1. The lowest BCUT2D eigenvalue weighted by atomic mass is 10.3. The highest BCUT2D eigenvalue weighted by atomic mass is 79.9. The Kier molecular flexibility index (Phi) is 4.03. The van der Waals surface area contributed by atoms with Crippen LogP contribution in [0.15, 0.2) is 32.0 Å². The zero-order valence-electron chi connectivity index (χ0n) is 8.68. The minimum Gasteiger partial charge on any atom is -0.368 e. The van der Waals surface area contributed by atoms with Crippen LogP contribution in [0.5, 0.6) is 0 Å². The highest BCUT2D eigenvalue weighted by Crippen LogP contribution is 2.20. The van der Waals surface area contributed by atoms with Gasteiger partial charge in [-0.3, -0.25) is 0 Å². The van der Waals surface area contributed by atoms with Gasteiger partial charge in [-0.15, -0.1) is 4.40 Å². The Balaban J connectivity index is 3.13. The third-order valence-corrected chi connectivity index (χ3v) is 3.47. The molecule has 0 saturated heterocycles. The Morgan fingerprint density at radius 1 is 1.44 bits per heavy atom. The van der Waals surface area contributed by atoms with Crippen molar-refractivity contribution in [2.75, 3.05) is 14.1 Å². The molecule has 0 atom stereocenters. The summed E-state index contributed by atoms with van der Waals surface area (Å²) in [7, 11) is -0.548. The lowest BCUT2D eigenvalue weighted by Crippen LogP contribution is -2.10. The Labute approximate surface area is 102 Å². The van der Waals surface area contributed by atoms with Crippen LogP contribution in [-0.2, 0) is 10.0 Å². The fraction of sp³-hybridized carbons (Fsp3) is 0.222. The van der Waals surface area contributed by atoms with Crippen LogP contribution >= 0.6 is 15.9 Å². The van der Waals surface area contributed by atoms with Crippen LogP contribution in [0.25, 0.3) is 0 Å². The molecule has 0 N–H and O–H groups in total. The summed E-state index contributed by atoms with van der Waals surface area (Å²) in [4.78, 5) is 1.30. The Bertz CT molecular complexity index is 514. The first-order valence-corrected chi connectivity index (χ1v) is 6.48. The van der Waals surface area contributed by atoms with Crippen molar-refractivity contribution in [1.82, 2.24) is 4.90 Å². The van der Waals surface area contributed by atoms with Crippen molar-refractivity contribution in [3.05, 3.63) is 28.5 Å². The highest BCUT2D eigenvalue weighted by molar-refractivity contribution is 9.10. The molecule has 0 fully saturated rings. The molecule has 0 aromatic heterocycles. The normalized spacial score (nSPS) is 12.0. The quantitative estimate of drug-likeness (QED) is 0.632. The van der Waals surface area contributed by atoms with Crippen LogP contribution < -0.4 is 0 Å². The van der Waals surface area contributed by atoms with Crippen LogP contribution in [0.4, 0.5) is 4.39 Å². The van der Waals surface area contributed by atoms with Crippen LogP contribution in [0.2, 0.25) is 0 Å². The monoisotopic (exact) mass is 308 g/mol. The summed E-state index contributed by atoms with van der Waals surface area (Å²) in [5.74, 6) is -0.638. The second-order valence-corrected chi connectivity index (χ2v) is 5.72. The van der Waals surface area contributed by atoms with Gasteiger partial charge in [0.15, 0.2) is 0 Å². The molecule has 0 radical (unpaired) electrons. The topological polar surface area (TPSA) is 49.7 Å². The van der Waals surface area contributed by atoms with Gasteiger partial charge < -0.3 is 4.90 Å². The number of halogens is 2. The standard InChI is InChI=1S/C9H10BrFN2O2S/c1-13(2)6-12-16(14,15)7-3-4-8(10)9(11)5-7/h3-6H,1-2H3. The number of hydrogen-bond acceptors (Lipinski definition) is 2. The third-order valence-electron chi connectivity index (χ3n) is 1.61. The molecular weight excluding hydrogens is 299 g/mol. The van der Waals surface area contributed by atoms with Gasteiger partial charge in [0.25, 0.3) is 10.0 Å². The zero-order chi connectivity index (χ0) is 12.3. The van der Waals surface area contributed by atoms with E-state index in [0.29, 0.717) is 0 Å². The number of sulfonamides is 1. The molecule has 0 heterocycles. The van der Waals surface area contributed by atoms with Gasteiger partial charge in [0, 0.05) is 14.1 Å². The molecule has 4 nitrogen and oxygen atoms in total. The van der Waals surface area contributed by atoms with Crippen molar-refractivity contribution in [2.45, 2.75) is 4.90 Å². The fourth-order valence-electron chi connectivity index (χ4n) is 0.855. The van der Waals surface area contributed by atoms with E-state index in [9.17, 15) is 12.8 Å². The van der Waals surface area contributed by atoms with Crippen LogP contribution in [-0.4, -0.2) is 33.8 Å². The van der Waals surface area contributed by atoms with E-state index in [1.54, 1.807) is 14.1 Å². The molecule has 0 saturated carbocycles. The Hall–Kier alpha value is -0.950. The fourth-order valence-corrected chi connectivity index (χ4v) is 2.03. The minimum absolute atomic E-state index is 0.175. The van der Waals surface area contributed by atoms with Crippen LogP contribution in [0.1, 0.15) is 0 Å². The molecule has 0 aliphatic heterocycles. The highest BCUT2D eigenvalue weighted by Gasteiger charge is 2.13. The van der Waals surface area contributed by atoms with E-state index >= 15 is 0 Å². The first-order valence-electron chi connectivity index (χ1n) is 4.25. The smallest absolute Gasteiger partial charge is 0.283 e. The predicted molar refractivity (Wildman–Crippen MR) is 63.5 cm³/mol. The van der Waals surface area contributed by atoms with Gasteiger partial charge >= 0.3 is 0 Å². The third kappa shape index (κ3) is 3.28. The molecule has 0 bridgehead atoms. The van der Waals surface area contributed by atoms with Gasteiger partial charge in [-0.1, -0.05) is 0 Å². The van der Waals surface area contributed by atoms with Crippen LogP contribution in [0.3, 0.4) is 0 Å². The van der Waals surface area contributed by atoms with Gasteiger partial charge in [-0.2, -0.15) is 8.42 Å². The first-order chi connectivity index (χ1) is 7.33. The van der Waals surface area contributed by atoms with Gasteiger partial charge in [0.2, 0.25) is 0 Å². The molecule has 0 spiro atoms. The van der Waals surface area contributed by atoms with E-state index in [0.717, 1.165) is 12.4 Å². The van der Waals surface area contributed by atoms with E-state index < -0.39 is 15.8 Å². The molecule has 0 aliphatic carbocycles. The van der Waals surface area contributed by atoms with Crippen molar-refractivity contribution in [3.63, 3.8) is 0 Å². The largest absolute Gasteiger partial charge is 0.368 e. The van der Waals surface area contributed by atoms with Gasteiger partial charge in [0.05, 0.1) is 9.37 Å². The van der Waals surface area contributed by atoms with E-state index in [1.165, 1.54) is 17.0 Å². The average Bonchev–Trinajstić information content (AvgIpc) is 2.19. The zero-order valence-corrected chi connectivity index (χ0v) is 11.1. The first kappa shape index (κ1) is 13.1. The summed E-state index contributed by atoms with van der Waals surface area (Å²) in [6.07, 6.45) is 1.15. The van der Waals surface area contributed by atoms with Crippen molar-refractivity contribution in [3.8, 4) is 0 Å². The predicted octanol–water partition coefficient (Wildman–Crippen LogP) is 1.87. The van der Waals surface area contributed by atoms with Gasteiger partial charge in [-0.05, 0) is 34.1 Å². The summed E-state index contributed by atoms with van der Waals surface area (Å²) < 4.78 is 39.9. The second-order valence-electron chi connectivity index (χ2n) is 3.24. The molecule has 1 aromatic rings. The summed E-state index contributed by atoms with van der Waals surface area (Å²) in [5.41, 5.74) is 0. The SMILES string of the molecule is CN(C)C=NS(=O)(=O)c1ccc(Br)c(F)c1. The van der Waals surface area contributed by atoms with Gasteiger partial charge in [-0.25, -0.2) is 4.39 Å². The average molecular weight is 309 g/mol. The minimum atomic E-state index is -3.83. The van der Waals surface area contributed by atoms with E-state index in [1.807, 2.05) is 0 Å². The van der Waals surface area contributed by atoms with Crippen molar-refractivity contribution < 1.29 is 12.8 Å². The van der Waals surface area contributed by atoms with Crippen molar-refractivity contribution in [1.29, 1.82) is 0 Å². The maximum atomic E-state index is 13.1. The van der Waals surface area contributed by atoms with E-state index in [-0.39, 0.29) is 9.37 Å². The van der Waals surface area contributed by atoms with Gasteiger partial charge in [0.1, 0.15) is 12.2 Å². The molecule has 1 rings (SSSR count). The molecular formula is C9H10BrFN2O2S. The molecule has 0 amide bonds. The Morgan fingerprint density at radius 2 is 2.06 bits per heavy atom. The molecule has 1 aromatic carbocycles. The lowest BCUT2D eigenvalue weighted by Gasteiger charge is -2.03. The molecule has 0 aliphatic rings. The maximum absolute atomic E-state index is 13.1. The number of nitrogens with zero attached hydrogens (tertiary/aromatic N) is 2. The number of hydrogen-bond donors (Lipinski definition) is 0. The van der Waals surface area contributed by atoms with E-state index in [4.69, 9.17) is 0 Å². The Morgan fingerprint density at radius 3 is 2.56 bits per heavy atom. The summed E-state index contributed by atoms with van der Waals surface area (Å²) in [6, 6.07) is 3.54. The van der Waals surface area contributed by atoms with Crippen molar-refractivity contribution in [2.24, 2.45) is 4.40 Å². The number of rotatable bonds is 3. The van der Waals surface area contributed by atoms with Crippen molar-refractivity contribution >= 4 is 32.3 Å².